The van der Waals surface area contributed by atoms with Gasteiger partial charge in [0.05, 0.1) is 0 Å². The molecule has 1 amide bonds. The van der Waals surface area contributed by atoms with Crippen molar-refractivity contribution in [3.63, 3.8) is 0 Å². The van der Waals surface area contributed by atoms with Crippen LogP contribution < -0.4 is 5.32 Å². The van der Waals surface area contributed by atoms with E-state index in [1.165, 1.54) is 38.5 Å². The third-order valence-electron chi connectivity index (χ3n) is 5.38. The molecule has 0 heterocycles. The van der Waals surface area contributed by atoms with E-state index in [9.17, 15) is 19.0 Å². The van der Waals surface area contributed by atoms with E-state index in [0.717, 1.165) is 38.5 Å². The van der Waals surface area contributed by atoms with Crippen LogP contribution in [0.25, 0.3) is 0 Å². The molecular formula is C21H43NO8P2. The van der Waals surface area contributed by atoms with E-state index in [4.69, 9.17) is 19.6 Å². The number of unbranched alkanes of at least 4 members (excludes halogenated alkanes) is 11. The fourth-order valence-corrected chi connectivity index (χ4v) is 5.44. The van der Waals surface area contributed by atoms with Gasteiger partial charge >= 0.3 is 15.2 Å². The summed E-state index contributed by atoms with van der Waals surface area (Å²) < 4.78 is 22.5. The van der Waals surface area contributed by atoms with Gasteiger partial charge in [0.25, 0.3) is 5.08 Å². The number of allylic oxidation sites excluding steroid dienone is 2. The monoisotopic (exact) mass is 499 g/mol. The molecule has 6 N–H and O–H groups in total. The van der Waals surface area contributed by atoms with E-state index >= 15 is 0 Å². The zero-order chi connectivity index (χ0) is 24.5. The Bertz CT molecular complexity index is 607. The van der Waals surface area contributed by atoms with E-state index in [0.29, 0.717) is 6.42 Å². The maximum Gasteiger partial charge on any atom is 0.369 e. The van der Waals surface area contributed by atoms with Gasteiger partial charge in [0.1, 0.15) is 0 Å². The van der Waals surface area contributed by atoms with Crippen LogP contribution in [-0.2, 0) is 13.9 Å². The minimum Gasteiger partial charge on any atom is -0.367 e. The topological polar surface area (TPSA) is 164 Å². The van der Waals surface area contributed by atoms with Gasteiger partial charge in [-0.25, -0.2) is 0 Å². The fourth-order valence-electron chi connectivity index (χ4n) is 3.28. The van der Waals surface area contributed by atoms with Crippen molar-refractivity contribution in [2.24, 2.45) is 0 Å². The molecule has 0 saturated heterocycles. The molecule has 0 aromatic heterocycles. The lowest BCUT2D eigenvalue weighted by Crippen LogP contribution is -2.35. The molecule has 0 aliphatic rings. The van der Waals surface area contributed by atoms with E-state index in [-0.39, 0.29) is 12.3 Å². The minimum absolute atomic E-state index is 0.211. The van der Waals surface area contributed by atoms with Gasteiger partial charge in [-0.15, -0.1) is 0 Å². The first-order valence-electron chi connectivity index (χ1n) is 11.7. The maximum absolute atomic E-state index is 11.8. The number of hydrogen-bond donors (Lipinski definition) is 6. The molecule has 0 radical (unpaired) electrons. The Morgan fingerprint density at radius 2 is 1.22 bits per heavy atom. The third kappa shape index (κ3) is 13.9. The van der Waals surface area contributed by atoms with Crippen molar-refractivity contribution in [3.8, 4) is 0 Å². The molecule has 0 atom stereocenters. The van der Waals surface area contributed by atoms with Crippen LogP contribution in [0.4, 0.5) is 0 Å². The highest BCUT2D eigenvalue weighted by molar-refractivity contribution is 7.72. The second kappa shape index (κ2) is 17.0. The minimum atomic E-state index is -5.49. The number of aliphatic hydroxyl groups is 1. The van der Waals surface area contributed by atoms with Gasteiger partial charge in [-0.2, -0.15) is 0 Å². The van der Waals surface area contributed by atoms with Gasteiger partial charge in [0.15, 0.2) is 0 Å². The Morgan fingerprint density at radius 3 is 1.69 bits per heavy atom. The van der Waals surface area contributed by atoms with Crippen molar-refractivity contribution in [2.45, 2.75) is 108 Å². The maximum atomic E-state index is 11.8. The summed E-state index contributed by atoms with van der Waals surface area (Å²) in [6.45, 7) is 1.78. The summed E-state index contributed by atoms with van der Waals surface area (Å²) in [7, 11) is -11.0. The summed E-state index contributed by atoms with van der Waals surface area (Å²) in [5.74, 6) is -0.388. The number of rotatable bonds is 20. The Hall–Kier alpha value is -0.530. The van der Waals surface area contributed by atoms with Gasteiger partial charge in [-0.05, 0) is 32.1 Å². The highest BCUT2D eigenvalue weighted by Crippen LogP contribution is 2.68. The van der Waals surface area contributed by atoms with Crippen LogP contribution in [0, 0.1) is 0 Å². The molecular weight excluding hydrogens is 456 g/mol. The lowest BCUT2D eigenvalue weighted by atomic mass is 10.1. The van der Waals surface area contributed by atoms with Crippen LogP contribution in [0.1, 0.15) is 103 Å². The SMILES string of the molecule is CCCCCCCC/C=C\CCCCCCCC(=O)NCCC(O)(P(=O)(O)O)P(=O)(O)O. The lowest BCUT2D eigenvalue weighted by Gasteiger charge is -2.29. The Kier molecular flexibility index (Phi) is 16.7. The van der Waals surface area contributed by atoms with Crippen LogP contribution in [0.2, 0.25) is 0 Å². The first-order chi connectivity index (χ1) is 15.0. The first-order valence-corrected chi connectivity index (χ1v) is 14.9. The molecule has 32 heavy (non-hydrogen) atoms. The van der Waals surface area contributed by atoms with Gasteiger partial charge in [-0.1, -0.05) is 70.4 Å². The summed E-state index contributed by atoms with van der Waals surface area (Å²) in [6, 6.07) is 0. The molecule has 9 nitrogen and oxygen atoms in total. The molecule has 0 bridgehead atoms. The summed E-state index contributed by atoms with van der Waals surface area (Å²) in [6.07, 6.45) is 18.6. The molecule has 190 valence electrons. The highest BCUT2D eigenvalue weighted by Gasteiger charge is 2.58. The van der Waals surface area contributed by atoms with E-state index in [2.05, 4.69) is 24.4 Å². The van der Waals surface area contributed by atoms with Crippen molar-refractivity contribution in [1.29, 1.82) is 0 Å². The number of carbonyl (C=O) groups is 1. The Labute approximate surface area is 192 Å². The van der Waals surface area contributed by atoms with Crippen LogP contribution in [0.15, 0.2) is 12.2 Å². The molecule has 11 heteroatoms. The largest absolute Gasteiger partial charge is 0.369 e. The summed E-state index contributed by atoms with van der Waals surface area (Å²) in [5.41, 5.74) is 0. The number of amides is 1. The molecule has 0 unspecified atom stereocenters. The lowest BCUT2D eigenvalue weighted by molar-refractivity contribution is -0.121. The summed E-state index contributed by atoms with van der Waals surface area (Å²) in [5, 5.41) is 8.58. The molecule has 0 saturated carbocycles. The van der Waals surface area contributed by atoms with Crippen molar-refractivity contribution < 1.29 is 38.6 Å². The predicted molar refractivity (Wildman–Crippen MR) is 126 cm³/mol. The van der Waals surface area contributed by atoms with Gasteiger partial charge in [-0.3, -0.25) is 13.9 Å². The van der Waals surface area contributed by atoms with Crippen LogP contribution in [0.5, 0.6) is 0 Å². The van der Waals surface area contributed by atoms with E-state index in [1.54, 1.807) is 0 Å². The number of hydrogen-bond acceptors (Lipinski definition) is 4. The molecule has 0 aromatic carbocycles. The predicted octanol–water partition coefficient (Wildman–Crippen LogP) is 4.53. The zero-order valence-electron chi connectivity index (χ0n) is 19.3. The molecule has 0 aromatic rings. The van der Waals surface area contributed by atoms with Crippen molar-refractivity contribution in [2.75, 3.05) is 6.54 Å². The summed E-state index contributed by atoms with van der Waals surface area (Å²) >= 11 is 0. The first kappa shape index (κ1) is 31.5. The zero-order valence-corrected chi connectivity index (χ0v) is 21.1. The van der Waals surface area contributed by atoms with Gasteiger partial charge < -0.3 is 30.0 Å². The van der Waals surface area contributed by atoms with E-state index < -0.39 is 33.2 Å². The standard InChI is InChI=1S/C21H43NO8P2/c1-2-3-4-5-6-7-8-9-10-11-12-13-14-15-16-17-20(23)22-19-18-21(24,31(25,26)27)32(28,29)30/h9-10,24H,2-8,11-19H2,1H3,(H,22,23)(H2,25,26,27)(H2,28,29,30)/b10-9-. The fraction of sp³-hybridized carbons (Fsp3) is 0.857. The average molecular weight is 500 g/mol. The molecule has 0 aliphatic carbocycles. The molecule has 0 rings (SSSR count). The summed E-state index contributed by atoms with van der Waals surface area (Å²) in [4.78, 5) is 47.9. The van der Waals surface area contributed by atoms with Gasteiger partial charge in [0.2, 0.25) is 5.91 Å². The molecule has 0 spiro atoms. The van der Waals surface area contributed by atoms with Crippen molar-refractivity contribution in [1.82, 2.24) is 5.32 Å². The van der Waals surface area contributed by atoms with Crippen molar-refractivity contribution >= 4 is 21.1 Å². The van der Waals surface area contributed by atoms with Crippen molar-refractivity contribution in [3.05, 3.63) is 12.2 Å². The molecule has 0 aliphatic heterocycles. The average Bonchev–Trinajstić information content (AvgIpc) is 2.69. The van der Waals surface area contributed by atoms with Crippen LogP contribution >= 0.6 is 15.2 Å². The normalized spacial score (nSPS) is 13.1. The second-order valence-corrected chi connectivity index (χ2v) is 12.3. The Balaban J connectivity index is 3.73. The Morgan fingerprint density at radius 1 is 0.781 bits per heavy atom. The van der Waals surface area contributed by atoms with Crippen LogP contribution in [-0.4, -0.2) is 42.2 Å². The van der Waals surface area contributed by atoms with Crippen LogP contribution in [0.3, 0.4) is 0 Å². The highest BCUT2D eigenvalue weighted by atomic mass is 31.2. The third-order valence-corrected chi connectivity index (χ3v) is 9.26. The smallest absolute Gasteiger partial charge is 0.367 e. The molecule has 0 fully saturated rings. The quantitative estimate of drug-likeness (QED) is 0.0808. The van der Waals surface area contributed by atoms with E-state index in [1.807, 2.05) is 0 Å². The van der Waals surface area contributed by atoms with Gasteiger partial charge in [0, 0.05) is 19.4 Å². The number of carbonyl (C=O) groups excluding carboxylic acids is 1. The number of nitrogens with one attached hydrogen (secondary N) is 1. The second-order valence-electron chi connectivity index (χ2n) is 8.30.